The Bertz CT molecular complexity index is 1240. The lowest BCUT2D eigenvalue weighted by molar-refractivity contribution is -0.769. The van der Waals surface area contributed by atoms with Crippen LogP contribution in [-0.4, -0.2) is 45.0 Å². The Kier molecular flexibility index (Phi) is 7.95. The highest BCUT2D eigenvalue weighted by Gasteiger charge is 2.28. The van der Waals surface area contributed by atoms with E-state index >= 15 is 0 Å². The monoisotopic (exact) mass is 581 g/mol. The summed E-state index contributed by atoms with van der Waals surface area (Å²) in [6.07, 6.45) is 0.944. The molecule has 2 heterocycles. The third kappa shape index (κ3) is 5.78. The average molecular weight is 583 g/mol. The Hall–Kier alpha value is -2.66. The summed E-state index contributed by atoms with van der Waals surface area (Å²) in [4.78, 5) is 28.6. The normalized spacial score (nSPS) is 14.6. The van der Waals surface area contributed by atoms with Crippen molar-refractivity contribution < 1.29 is 14.7 Å². The number of nitrogens with zero attached hydrogens (tertiary/aromatic N) is 4. The van der Waals surface area contributed by atoms with Crippen LogP contribution >= 0.6 is 39.1 Å². The molecule has 1 aliphatic heterocycles. The van der Waals surface area contributed by atoms with E-state index in [0.29, 0.717) is 48.1 Å². The van der Waals surface area contributed by atoms with Crippen molar-refractivity contribution >= 4 is 45.0 Å². The van der Waals surface area contributed by atoms with Crippen molar-refractivity contribution in [1.82, 2.24) is 20.2 Å². The number of aromatic nitrogens is 2. The lowest BCUT2D eigenvalue weighted by Crippen LogP contribution is -2.48. The molecule has 1 N–H and O–H groups in total. The van der Waals surface area contributed by atoms with E-state index in [9.17, 15) is 14.9 Å². The molecule has 0 atom stereocenters. The number of carbonyl (C=O) groups is 1. The number of amides is 1. The van der Waals surface area contributed by atoms with Crippen molar-refractivity contribution in [1.29, 1.82) is 0 Å². The molecule has 0 radical (unpaired) electrons. The van der Waals surface area contributed by atoms with E-state index in [-0.39, 0.29) is 11.6 Å². The highest BCUT2D eigenvalue weighted by molar-refractivity contribution is 9.10. The van der Waals surface area contributed by atoms with Gasteiger partial charge in [0.1, 0.15) is 6.10 Å². The molecule has 184 valence electrons. The van der Waals surface area contributed by atoms with E-state index in [0.717, 1.165) is 21.3 Å². The number of rotatable bonds is 7. The predicted octanol–water partition coefficient (Wildman–Crippen LogP) is 5.49. The van der Waals surface area contributed by atoms with Crippen molar-refractivity contribution in [2.24, 2.45) is 0 Å². The van der Waals surface area contributed by atoms with Crippen LogP contribution in [0.25, 0.3) is 16.9 Å². The van der Waals surface area contributed by atoms with Crippen molar-refractivity contribution in [3.05, 3.63) is 78.4 Å². The summed E-state index contributed by atoms with van der Waals surface area (Å²) in [5.74, 6) is -0.363. The molecule has 1 aliphatic rings. The topological polar surface area (TPSA) is 103 Å². The van der Waals surface area contributed by atoms with Gasteiger partial charge in [-0.2, -0.15) is 5.10 Å². The summed E-state index contributed by atoms with van der Waals surface area (Å²) in [6.45, 7) is 2.81. The van der Waals surface area contributed by atoms with Crippen LogP contribution in [0.1, 0.15) is 35.8 Å². The molecule has 0 bridgehead atoms. The SMILES string of the molecule is CCc1c(C(=O)NN2CCC(O[N+](=O)[O-])CC2)nn(-c2ccc(Cl)cc2Cl)c1-c1ccc(Br)cc1. The molecular formula is C23H22BrCl2N5O4. The van der Waals surface area contributed by atoms with Gasteiger partial charge in [-0.15, -0.1) is 10.1 Å². The summed E-state index contributed by atoms with van der Waals surface area (Å²) < 4.78 is 2.60. The van der Waals surface area contributed by atoms with Gasteiger partial charge in [0.15, 0.2) is 5.69 Å². The Morgan fingerprint density at radius 2 is 1.91 bits per heavy atom. The van der Waals surface area contributed by atoms with Gasteiger partial charge in [-0.05, 0) is 49.6 Å². The van der Waals surface area contributed by atoms with Crippen molar-refractivity contribution in [2.45, 2.75) is 32.3 Å². The summed E-state index contributed by atoms with van der Waals surface area (Å²) >= 11 is 16.1. The fourth-order valence-corrected chi connectivity index (χ4v) is 4.84. The first-order valence-electron chi connectivity index (χ1n) is 11.0. The van der Waals surface area contributed by atoms with Crippen molar-refractivity contribution in [2.75, 3.05) is 13.1 Å². The first-order chi connectivity index (χ1) is 16.8. The van der Waals surface area contributed by atoms with Crippen LogP contribution < -0.4 is 5.43 Å². The van der Waals surface area contributed by atoms with Gasteiger partial charge in [0.05, 0.1) is 16.4 Å². The molecule has 0 spiro atoms. The number of hydrogen-bond donors (Lipinski definition) is 1. The zero-order valence-corrected chi connectivity index (χ0v) is 21.8. The second kappa shape index (κ2) is 10.9. The molecule has 0 aliphatic carbocycles. The second-order valence-electron chi connectivity index (χ2n) is 8.00. The van der Waals surface area contributed by atoms with Crippen LogP contribution in [0.2, 0.25) is 10.0 Å². The molecule has 2 aromatic carbocycles. The molecule has 1 fully saturated rings. The minimum Gasteiger partial charge on any atom is -0.310 e. The summed E-state index contributed by atoms with van der Waals surface area (Å²) in [6, 6.07) is 12.9. The van der Waals surface area contributed by atoms with Gasteiger partial charge in [-0.3, -0.25) is 10.2 Å². The number of halogens is 3. The lowest BCUT2D eigenvalue weighted by atomic mass is 10.0. The third-order valence-corrected chi connectivity index (χ3v) is 6.81. The van der Waals surface area contributed by atoms with E-state index in [2.05, 4.69) is 31.3 Å². The molecule has 1 aromatic heterocycles. The minimum atomic E-state index is -0.773. The minimum absolute atomic E-state index is 0.278. The van der Waals surface area contributed by atoms with Gasteiger partial charge in [0.2, 0.25) is 0 Å². The third-order valence-electron chi connectivity index (χ3n) is 5.74. The fourth-order valence-electron chi connectivity index (χ4n) is 4.09. The van der Waals surface area contributed by atoms with Crippen LogP contribution in [0.4, 0.5) is 0 Å². The molecule has 0 unspecified atom stereocenters. The van der Waals surface area contributed by atoms with Gasteiger partial charge < -0.3 is 4.84 Å². The number of piperidine rings is 1. The number of hydrazine groups is 1. The first-order valence-corrected chi connectivity index (χ1v) is 12.5. The van der Waals surface area contributed by atoms with E-state index < -0.39 is 11.2 Å². The molecule has 35 heavy (non-hydrogen) atoms. The Morgan fingerprint density at radius 1 is 1.23 bits per heavy atom. The van der Waals surface area contributed by atoms with Crippen LogP contribution in [0.3, 0.4) is 0 Å². The van der Waals surface area contributed by atoms with Gasteiger partial charge in [-0.25, -0.2) is 9.69 Å². The lowest BCUT2D eigenvalue weighted by Gasteiger charge is -2.30. The Morgan fingerprint density at radius 3 is 2.51 bits per heavy atom. The number of hydrogen-bond acceptors (Lipinski definition) is 6. The maximum atomic E-state index is 13.3. The van der Waals surface area contributed by atoms with Crippen LogP contribution in [0.15, 0.2) is 46.9 Å². The molecule has 0 saturated carbocycles. The van der Waals surface area contributed by atoms with Gasteiger partial charge >= 0.3 is 0 Å². The summed E-state index contributed by atoms with van der Waals surface area (Å²) in [5.41, 5.74) is 6.17. The first kappa shape index (κ1) is 25.4. The van der Waals surface area contributed by atoms with Crippen LogP contribution in [0, 0.1) is 10.1 Å². The quantitative estimate of drug-likeness (QED) is 0.292. The molecule has 3 aromatic rings. The van der Waals surface area contributed by atoms with Crippen LogP contribution in [0.5, 0.6) is 0 Å². The highest BCUT2D eigenvalue weighted by atomic mass is 79.9. The van der Waals surface area contributed by atoms with Crippen molar-refractivity contribution in [3.8, 4) is 16.9 Å². The van der Waals surface area contributed by atoms with Crippen LogP contribution in [-0.2, 0) is 11.3 Å². The maximum Gasteiger partial charge on any atom is 0.294 e. The number of nitrogens with one attached hydrogen (secondary N) is 1. The standard InChI is InChI=1S/C23H22BrCl2N5O4/c1-2-18-21(23(32)28-29-11-9-17(10-12-29)35-31(33)34)27-30(20-8-7-16(25)13-19(20)26)22(18)14-3-5-15(24)6-4-14/h3-8,13,17H,2,9-12H2,1H3,(H,28,32). The summed E-state index contributed by atoms with van der Waals surface area (Å²) in [5, 5.41) is 17.1. The van der Waals surface area contributed by atoms with Gasteiger partial charge in [0.25, 0.3) is 11.0 Å². The smallest absolute Gasteiger partial charge is 0.294 e. The second-order valence-corrected chi connectivity index (χ2v) is 9.76. The van der Waals surface area contributed by atoms with E-state index in [1.807, 2.05) is 31.2 Å². The van der Waals surface area contributed by atoms with Gasteiger partial charge in [-0.1, -0.05) is 58.2 Å². The van der Waals surface area contributed by atoms with E-state index in [4.69, 9.17) is 23.2 Å². The average Bonchev–Trinajstić information content (AvgIpc) is 3.20. The molecule has 4 rings (SSSR count). The highest BCUT2D eigenvalue weighted by Crippen LogP contribution is 2.34. The molecule has 12 heteroatoms. The predicted molar refractivity (Wildman–Crippen MR) is 136 cm³/mol. The molecule has 9 nitrogen and oxygen atoms in total. The number of benzene rings is 2. The van der Waals surface area contributed by atoms with E-state index in [1.54, 1.807) is 27.9 Å². The Labute approximate surface area is 220 Å². The zero-order chi connectivity index (χ0) is 25.1. The maximum absolute atomic E-state index is 13.3. The zero-order valence-electron chi connectivity index (χ0n) is 18.7. The largest absolute Gasteiger partial charge is 0.310 e. The van der Waals surface area contributed by atoms with Crippen molar-refractivity contribution in [3.63, 3.8) is 0 Å². The number of carbonyl (C=O) groups excluding carboxylic acids is 1. The molecule has 1 amide bonds. The summed E-state index contributed by atoms with van der Waals surface area (Å²) in [7, 11) is 0. The molecular weight excluding hydrogens is 561 g/mol. The van der Waals surface area contributed by atoms with Gasteiger partial charge in [0, 0.05) is 33.7 Å². The van der Waals surface area contributed by atoms with E-state index in [1.165, 1.54) is 0 Å². The molecule has 1 saturated heterocycles. The Balaban J connectivity index is 1.69. The fraction of sp³-hybridized carbons (Fsp3) is 0.304.